The Morgan fingerprint density at radius 1 is 0.464 bits per heavy atom. The quantitative estimate of drug-likeness (QED) is 0.441. The van der Waals surface area contributed by atoms with E-state index in [1.807, 2.05) is 0 Å². The summed E-state index contributed by atoms with van der Waals surface area (Å²) in [6.45, 7) is 0. The number of carboxylic acids is 4. The fourth-order valence-electron chi connectivity index (χ4n) is 1.55. The van der Waals surface area contributed by atoms with Gasteiger partial charge in [0.1, 0.15) is 0 Å². The Morgan fingerprint density at radius 3 is 0.786 bits per heavy atom. The van der Waals surface area contributed by atoms with Crippen LogP contribution in [0.4, 0.5) is 0 Å². The number of carbonyl (C=O) groups excluding carboxylic acids is 4. The van der Waals surface area contributed by atoms with Crippen LogP contribution in [0.5, 0.6) is 0 Å². The van der Waals surface area contributed by atoms with Gasteiger partial charge in [0.05, 0.1) is 23.9 Å². The van der Waals surface area contributed by atoms with Crippen LogP contribution in [0.1, 0.15) is 41.4 Å². The number of hydrogen-bond donors (Lipinski definition) is 0. The van der Waals surface area contributed by atoms with Crippen molar-refractivity contribution in [3.8, 4) is 0 Å². The smallest absolute Gasteiger partial charge is 0.545 e. The zero-order valence-electron chi connectivity index (χ0n) is 15.9. The summed E-state index contributed by atoms with van der Waals surface area (Å²) in [6.07, 6.45) is 0. The second kappa shape index (κ2) is 18.1. The minimum absolute atomic E-state index is 0. The standard InChI is InChI=1S/2C8H6O4.4Na/c2*9-7(10)5-2-1-3-6(4-5)8(11)12;;;;/h2*1-4H,(H,9,10)(H,11,12);;;;/q;;4*+1/p-4. The first-order valence-corrected chi connectivity index (χ1v) is 6.28. The maximum absolute atomic E-state index is 10.3. The van der Waals surface area contributed by atoms with Crippen molar-refractivity contribution in [1.29, 1.82) is 0 Å². The number of carbonyl (C=O) groups is 4. The molecule has 0 aromatic heterocycles. The van der Waals surface area contributed by atoms with Gasteiger partial charge in [0.2, 0.25) is 0 Å². The van der Waals surface area contributed by atoms with Gasteiger partial charge in [0, 0.05) is 0 Å². The van der Waals surface area contributed by atoms with Gasteiger partial charge in [-0.3, -0.25) is 0 Å². The van der Waals surface area contributed by atoms with Crippen molar-refractivity contribution in [2.24, 2.45) is 0 Å². The fourth-order valence-corrected chi connectivity index (χ4v) is 1.55. The van der Waals surface area contributed by atoms with Crippen molar-refractivity contribution in [2.75, 3.05) is 0 Å². The first kappa shape index (κ1) is 35.7. The normalized spacial score (nSPS) is 8.00. The zero-order chi connectivity index (χ0) is 18.3. The van der Waals surface area contributed by atoms with Crippen LogP contribution in [0.25, 0.3) is 0 Å². The predicted octanol–water partition coefficient (Wildman–Crippen LogP) is -15.2. The largest absolute Gasteiger partial charge is 1.00 e. The van der Waals surface area contributed by atoms with E-state index in [2.05, 4.69) is 0 Å². The van der Waals surface area contributed by atoms with E-state index in [1.165, 1.54) is 36.4 Å². The van der Waals surface area contributed by atoms with Crippen LogP contribution in [0, 0.1) is 0 Å². The molecule has 12 heteroatoms. The van der Waals surface area contributed by atoms with Gasteiger partial charge in [0.25, 0.3) is 0 Å². The van der Waals surface area contributed by atoms with E-state index in [0.717, 1.165) is 12.1 Å². The van der Waals surface area contributed by atoms with Crippen molar-refractivity contribution >= 4 is 23.9 Å². The molecule has 0 N–H and O–H groups in total. The van der Waals surface area contributed by atoms with E-state index in [1.54, 1.807) is 0 Å². The Balaban J connectivity index is -0.000000180. The topological polar surface area (TPSA) is 161 Å². The molecule has 0 saturated heterocycles. The molecule has 2 aromatic carbocycles. The molecule has 2 rings (SSSR count). The second-order valence-corrected chi connectivity index (χ2v) is 4.31. The van der Waals surface area contributed by atoms with Crippen molar-refractivity contribution in [3.05, 3.63) is 70.8 Å². The predicted molar refractivity (Wildman–Crippen MR) is 70.2 cm³/mol. The molecule has 0 atom stereocenters. The Kier molecular flexibility index (Phi) is 23.1. The van der Waals surface area contributed by atoms with Gasteiger partial charge in [-0.1, -0.05) is 36.4 Å². The van der Waals surface area contributed by atoms with Crippen LogP contribution in [0.3, 0.4) is 0 Å². The summed E-state index contributed by atoms with van der Waals surface area (Å²) in [7, 11) is 0. The molecule has 0 unspecified atom stereocenters. The Morgan fingerprint density at radius 2 is 0.643 bits per heavy atom. The molecule has 0 heterocycles. The Bertz CT molecular complexity index is 685. The molecular formula is C16H8Na4O8. The summed E-state index contributed by atoms with van der Waals surface area (Å²) >= 11 is 0. The molecule has 0 radical (unpaired) electrons. The van der Waals surface area contributed by atoms with E-state index < -0.39 is 23.9 Å². The maximum Gasteiger partial charge on any atom is 1.00 e. The molecule has 0 saturated carbocycles. The number of carboxylic acid groups (broad SMARTS) is 4. The Labute approximate surface area is 248 Å². The second-order valence-electron chi connectivity index (χ2n) is 4.31. The van der Waals surface area contributed by atoms with Crippen LogP contribution in [0.2, 0.25) is 0 Å². The molecule has 0 aliphatic carbocycles. The number of hydrogen-bond acceptors (Lipinski definition) is 8. The summed E-state index contributed by atoms with van der Waals surface area (Å²) in [5.41, 5.74) is -0.679. The van der Waals surface area contributed by atoms with Crippen LogP contribution < -0.4 is 139 Å². The van der Waals surface area contributed by atoms with E-state index in [-0.39, 0.29) is 140 Å². The van der Waals surface area contributed by atoms with Gasteiger partial charge in [-0.15, -0.1) is 0 Å². The summed E-state index contributed by atoms with van der Waals surface area (Å²) < 4.78 is 0. The number of benzene rings is 2. The van der Waals surface area contributed by atoms with E-state index in [9.17, 15) is 39.6 Å². The third kappa shape index (κ3) is 12.8. The van der Waals surface area contributed by atoms with Gasteiger partial charge in [-0.05, 0) is 34.4 Å². The fraction of sp³-hybridized carbons (Fsp3) is 0. The van der Waals surface area contributed by atoms with Gasteiger partial charge >= 0.3 is 118 Å². The van der Waals surface area contributed by atoms with Crippen molar-refractivity contribution in [1.82, 2.24) is 0 Å². The molecule has 0 fully saturated rings. The average molecular weight is 420 g/mol. The van der Waals surface area contributed by atoms with Gasteiger partial charge < -0.3 is 39.6 Å². The van der Waals surface area contributed by atoms with Gasteiger partial charge in [-0.25, -0.2) is 0 Å². The van der Waals surface area contributed by atoms with E-state index >= 15 is 0 Å². The molecule has 0 aliphatic rings. The van der Waals surface area contributed by atoms with Crippen molar-refractivity contribution in [3.63, 3.8) is 0 Å². The summed E-state index contributed by atoms with van der Waals surface area (Å²) in [4.78, 5) is 41.0. The van der Waals surface area contributed by atoms with Crippen molar-refractivity contribution < 1.29 is 158 Å². The summed E-state index contributed by atoms with van der Waals surface area (Å²) in [5.74, 6) is -5.62. The van der Waals surface area contributed by atoms with Crippen molar-refractivity contribution in [2.45, 2.75) is 0 Å². The summed E-state index contributed by atoms with van der Waals surface area (Å²) in [5, 5.41) is 41.0. The molecule has 0 amide bonds. The molecule has 0 spiro atoms. The number of aromatic carboxylic acids is 4. The molecule has 8 nitrogen and oxygen atoms in total. The molecule has 0 bridgehead atoms. The number of rotatable bonds is 4. The minimum atomic E-state index is -1.40. The molecular weight excluding hydrogens is 412 g/mol. The molecule has 28 heavy (non-hydrogen) atoms. The molecule has 124 valence electrons. The third-order valence-electron chi connectivity index (χ3n) is 2.67. The minimum Gasteiger partial charge on any atom is -0.545 e. The van der Waals surface area contributed by atoms with E-state index in [0.29, 0.717) is 0 Å². The third-order valence-corrected chi connectivity index (χ3v) is 2.67. The zero-order valence-corrected chi connectivity index (χ0v) is 23.9. The van der Waals surface area contributed by atoms with Crippen LogP contribution >= 0.6 is 0 Å². The molecule has 2 aromatic rings. The summed E-state index contributed by atoms with van der Waals surface area (Å²) in [6, 6.07) is 9.62. The van der Waals surface area contributed by atoms with Gasteiger partial charge in [0.15, 0.2) is 0 Å². The SMILES string of the molecule is O=C([O-])c1cccc(C(=O)[O-])c1.O=C([O-])c1cccc(C(=O)[O-])c1.[Na+].[Na+].[Na+].[Na+]. The van der Waals surface area contributed by atoms with Crippen LogP contribution in [-0.2, 0) is 0 Å². The monoisotopic (exact) mass is 420 g/mol. The van der Waals surface area contributed by atoms with E-state index in [4.69, 9.17) is 0 Å². The van der Waals surface area contributed by atoms with Crippen LogP contribution in [-0.4, -0.2) is 23.9 Å². The average Bonchev–Trinajstić information content (AvgIpc) is 2.55. The van der Waals surface area contributed by atoms with Gasteiger partial charge in [-0.2, -0.15) is 0 Å². The van der Waals surface area contributed by atoms with Crippen LogP contribution in [0.15, 0.2) is 48.5 Å². The maximum atomic E-state index is 10.3. The Hall–Kier alpha value is 0.320. The molecule has 0 aliphatic heterocycles. The first-order valence-electron chi connectivity index (χ1n) is 6.28. The first-order chi connectivity index (χ1) is 11.2.